The van der Waals surface area contributed by atoms with Crippen LogP contribution in [0.25, 0.3) is 0 Å². The zero-order chi connectivity index (χ0) is 12.0. The normalized spacial score (nSPS) is 10.8. The average Bonchev–Trinajstić information content (AvgIpc) is 2.66. The minimum Gasteiger partial charge on any atom is -0.372 e. The molecule has 1 N–H and O–H groups in total. The fourth-order valence-corrected chi connectivity index (χ4v) is 1.25. The first kappa shape index (κ1) is 12.7. The Morgan fingerprint density at radius 3 is 3.00 bits per heavy atom. The van der Waals surface area contributed by atoms with Crippen molar-refractivity contribution < 1.29 is 14.1 Å². The number of nitrogens with one attached hydrogen (secondary N) is 1. The van der Waals surface area contributed by atoms with Crippen LogP contribution in [0.3, 0.4) is 0 Å². The van der Waals surface area contributed by atoms with Gasteiger partial charge in [0.25, 0.3) is 5.91 Å². The molecule has 0 atom stereocenters. The zero-order valence-corrected chi connectivity index (χ0v) is 9.95. The van der Waals surface area contributed by atoms with Crippen LogP contribution in [0.5, 0.6) is 0 Å². The van der Waals surface area contributed by atoms with Crippen molar-refractivity contribution in [3.8, 4) is 0 Å². The SMILES string of the molecule is CCCOCC(=O)Nc1cnoc1C(C)C. The summed E-state index contributed by atoms with van der Waals surface area (Å²) < 4.78 is 10.2. The van der Waals surface area contributed by atoms with Gasteiger partial charge in [0.15, 0.2) is 5.76 Å². The molecule has 1 heterocycles. The average molecular weight is 226 g/mol. The molecule has 5 heteroatoms. The van der Waals surface area contributed by atoms with Crippen molar-refractivity contribution in [1.29, 1.82) is 0 Å². The second-order valence-corrected chi connectivity index (χ2v) is 3.86. The van der Waals surface area contributed by atoms with Crippen LogP contribution in [0.1, 0.15) is 38.9 Å². The van der Waals surface area contributed by atoms with Crippen LogP contribution < -0.4 is 5.32 Å². The Balaban J connectivity index is 2.46. The van der Waals surface area contributed by atoms with Gasteiger partial charge in [-0.3, -0.25) is 4.79 Å². The molecule has 0 aliphatic rings. The summed E-state index contributed by atoms with van der Waals surface area (Å²) in [5, 5.41) is 6.37. The van der Waals surface area contributed by atoms with Crippen molar-refractivity contribution in [2.45, 2.75) is 33.1 Å². The summed E-state index contributed by atoms with van der Waals surface area (Å²) in [5.74, 6) is 0.691. The lowest BCUT2D eigenvalue weighted by Gasteiger charge is -2.06. The third-order valence-corrected chi connectivity index (χ3v) is 1.98. The molecule has 0 aromatic carbocycles. The molecule has 0 fully saturated rings. The summed E-state index contributed by atoms with van der Waals surface area (Å²) in [6.07, 6.45) is 2.41. The summed E-state index contributed by atoms with van der Waals surface area (Å²) in [6.45, 7) is 6.60. The molecular formula is C11H18N2O3. The van der Waals surface area contributed by atoms with E-state index in [1.54, 1.807) is 0 Å². The van der Waals surface area contributed by atoms with Crippen molar-refractivity contribution in [3.05, 3.63) is 12.0 Å². The highest BCUT2D eigenvalue weighted by Crippen LogP contribution is 2.23. The number of aromatic nitrogens is 1. The number of nitrogens with zero attached hydrogens (tertiary/aromatic N) is 1. The van der Waals surface area contributed by atoms with Gasteiger partial charge in [-0.25, -0.2) is 0 Å². The van der Waals surface area contributed by atoms with E-state index in [1.165, 1.54) is 6.20 Å². The van der Waals surface area contributed by atoms with Gasteiger partial charge in [0, 0.05) is 12.5 Å². The van der Waals surface area contributed by atoms with Crippen molar-refractivity contribution in [2.75, 3.05) is 18.5 Å². The van der Waals surface area contributed by atoms with Gasteiger partial charge in [-0.1, -0.05) is 25.9 Å². The number of ether oxygens (including phenoxy) is 1. The predicted molar refractivity (Wildman–Crippen MR) is 60.3 cm³/mol. The molecular weight excluding hydrogens is 208 g/mol. The van der Waals surface area contributed by atoms with E-state index in [4.69, 9.17) is 9.26 Å². The molecule has 1 amide bonds. The van der Waals surface area contributed by atoms with Crippen molar-refractivity contribution in [2.24, 2.45) is 0 Å². The van der Waals surface area contributed by atoms with Gasteiger partial charge < -0.3 is 14.6 Å². The fourth-order valence-electron chi connectivity index (χ4n) is 1.25. The Hall–Kier alpha value is -1.36. The van der Waals surface area contributed by atoms with Gasteiger partial charge in [0.2, 0.25) is 0 Å². The Kier molecular flexibility index (Phi) is 4.98. The minimum atomic E-state index is -0.182. The summed E-state index contributed by atoms with van der Waals surface area (Å²) in [5.41, 5.74) is 0.625. The molecule has 1 aromatic rings. The van der Waals surface area contributed by atoms with E-state index in [-0.39, 0.29) is 18.4 Å². The van der Waals surface area contributed by atoms with Crippen LogP contribution in [0, 0.1) is 0 Å². The first-order valence-electron chi connectivity index (χ1n) is 5.47. The van der Waals surface area contributed by atoms with Crippen LogP contribution in [0.4, 0.5) is 5.69 Å². The molecule has 90 valence electrons. The minimum absolute atomic E-state index is 0.0660. The summed E-state index contributed by atoms with van der Waals surface area (Å²) in [7, 11) is 0. The summed E-state index contributed by atoms with van der Waals surface area (Å²) in [6, 6.07) is 0. The highest BCUT2D eigenvalue weighted by molar-refractivity contribution is 5.92. The Bertz CT molecular complexity index is 334. The highest BCUT2D eigenvalue weighted by Gasteiger charge is 2.14. The quantitative estimate of drug-likeness (QED) is 0.755. The highest BCUT2D eigenvalue weighted by atomic mass is 16.5. The monoisotopic (exact) mass is 226 g/mol. The predicted octanol–water partition coefficient (Wildman–Crippen LogP) is 2.16. The van der Waals surface area contributed by atoms with Crippen LogP contribution in [-0.4, -0.2) is 24.3 Å². The number of carbonyl (C=O) groups excluding carboxylic acids is 1. The van der Waals surface area contributed by atoms with Crippen molar-refractivity contribution >= 4 is 11.6 Å². The third-order valence-electron chi connectivity index (χ3n) is 1.98. The van der Waals surface area contributed by atoms with E-state index in [0.29, 0.717) is 18.1 Å². The van der Waals surface area contributed by atoms with Gasteiger partial charge in [-0.2, -0.15) is 0 Å². The molecule has 0 unspecified atom stereocenters. The topological polar surface area (TPSA) is 64.4 Å². The lowest BCUT2D eigenvalue weighted by atomic mass is 10.1. The maximum absolute atomic E-state index is 11.5. The van der Waals surface area contributed by atoms with Gasteiger partial charge in [0.1, 0.15) is 12.3 Å². The standard InChI is InChI=1S/C11H18N2O3/c1-4-5-15-7-10(14)13-9-6-12-16-11(9)8(2)3/h6,8H,4-5,7H2,1-3H3,(H,13,14). The fraction of sp³-hybridized carbons (Fsp3) is 0.636. The second-order valence-electron chi connectivity index (χ2n) is 3.86. The van der Waals surface area contributed by atoms with E-state index in [9.17, 15) is 4.79 Å². The van der Waals surface area contributed by atoms with E-state index < -0.39 is 0 Å². The lowest BCUT2D eigenvalue weighted by molar-refractivity contribution is -0.120. The second kappa shape index (κ2) is 6.27. The Morgan fingerprint density at radius 1 is 1.62 bits per heavy atom. The number of rotatable bonds is 6. The maximum Gasteiger partial charge on any atom is 0.250 e. The van der Waals surface area contributed by atoms with Crippen LogP contribution in [0.15, 0.2) is 10.7 Å². The largest absolute Gasteiger partial charge is 0.372 e. The molecule has 0 saturated heterocycles. The Labute approximate surface area is 95.1 Å². The molecule has 0 spiro atoms. The molecule has 1 aromatic heterocycles. The summed E-state index contributed by atoms with van der Waals surface area (Å²) >= 11 is 0. The van der Waals surface area contributed by atoms with Gasteiger partial charge >= 0.3 is 0 Å². The Morgan fingerprint density at radius 2 is 2.38 bits per heavy atom. The third kappa shape index (κ3) is 3.66. The number of carbonyl (C=O) groups is 1. The van der Waals surface area contributed by atoms with Crippen LogP contribution >= 0.6 is 0 Å². The lowest BCUT2D eigenvalue weighted by Crippen LogP contribution is -2.19. The van der Waals surface area contributed by atoms with Gasteiger partial charge in [-0.05, 0) is 6.42 Å². The first-order valence-corrected chi connectivity index (χ1v) is 5.47. The molecule has 16 heavy (non-hydrogen) atoms. The molecule has 0 bridgehead atoms. The van der Waals surface area contributed by atoms with Crippen molar-refractivity contribution in [3.63, 3.8) is 0 Å². The number of anilines is 1. The van der Waals surface area contributed by atoms with E-state index >= 15 is 0 Å². The van der Waals surface area contributed by atoms with Crippen LogP contribution in [0.2, 0.25) is 0 Å². The molecule has 0 aliphatic carbocycles. The zero-order valence-electron chi connectivity index (χ0n) is 9.95. The number of amides is 1. The van der Waals surface area contributed by atoms with Crippen molar-refractivity contribution in [1.82, 2.24) is 5.16 Å². The maximum atomic E-state index is 11.5. The first-order chi connectivity index (χ1) is 7.65. The van der Waals surface area contributed by atoms with E-state index in [2.05, 4.69) is 10.5 Å². The van der Waals surface area contributed by atoms with E-state index in [1.807, 2.05) is 20.8 Å². The molecule has 0 aliphatic heterocycles. The molecule has 5 nitrogen and oxygen atoms in total. The molecule has 0 radical (unpaired) electrons. The number of hydrogen-bond acceptors (Lipinski definition) is 4. The smallest absolute Gasteiger partial charge is 0.250 e. The molecule has 0 saturated carbocycles. The summed E-state index contributed by atoms with van der Waals surface area (Å²) in [4.78, 5) is 11.5. The van der Waals surface area contributed by atoms with Gasteiger partial charge in [0.05, 0.1) is 6.20 Å². The van der Waals surface area contributed by atoms with Crippen LogP contribution in [-0.2, 0) is 9.53 Å². The van der Waals surface area contributed by atoms with Gasteiger partial charge in [-0.15, -0.1) is 0 Å². The molecule has 1 rings (SSSR count). The number of hydrogen-bond donors (Lipinski definition) is 1. The van der Waals surface area contributed by atoms with E-state index in [0.717, 1.165) is 6.42 Å².